The van der Waals surface area contributed by atoms with Crippen LogP contribution in [-0.4, -0.2) is 49.7 Å². The maximum Gasteiger partial charge on any atom is 0.328 e. The molecule has 0 saturated heterocycles. The molecule has 4 aliphatic rings. The Morgan fingerprint density at radius 3 is 2.33 bits per heavy atom. The molecule has 190 valence electrons. The van der Waals surface area contributed by atoms with E-state index in [4.69, 9.17) is 0 Å². The molecule has 4 aliphatic carbocycles. The highest BCUT2D eigenvalue weighted by molar-refractivity contribution is 7.89. The standard InChI is InChI=1S/C25H44N2O5S/c1-5-17-20-14-16(28)8-11-25(20,3)19-9-12-24(2)15(6-7-18(24)21(19)22(17)29)10-13-26-23(30)27-33(4,31)32/h15-22,28-29H,5-14H2,1-4H3,(H2,26,27,30)/t15-,16-,17-,18+,19+,20+,21+,22-,24-,25-/m1/s1. The largest absolute Gasteiger partial charge is 0.393 e. The van der Waals surface area contributed by atoms with Gasteiger partial charge in [0.25, 0.3) is 0 Å². The number of carbonyl (C=O) groups excluding carboxylic acids is 1. The van der Waals surface area contributed by atoms with Crippen LogP contribution in [0.5, 0.6) is 0 Å². The van der Waals surface area contributed by atoms with Gasteiger partial charge in [0.15, 0.2) is 0 Å². The van der Waals surface area contributed by atoms with Gasteiger partial charge in [0, 0.05) is 6.54 Å². The number of nitrogens with one attached hydrogen (secondary N) is 2. The highest BCUT2D eigenvalue weighted by Gasteiger charge is 2.64. The summed E-state index contributed by atoms with van der Waals surface area (Å²) in [6.07, 6.45) is 9.53. The van der Waals surface area contributed by atoms with Gasteiger partial charge in [-0.15, -0.1) is 0 Å². The predicted octanol–water partition coefficient (Wildman–Crippen LogP) is 3.26. The first kappa shape index (κ1) is 25.2. The molecule has 4 rings (SSSR count). The van der Waals surface area contributed by atoms with Crippen LogP contribution in [0.15, 0.2) is 0 Å². The monoisotopic (exact) mass is 484 g/mol. The summed E-state index contributed by atoms with van der Waals surface area (Å²) in [5.41, 5.74) is 0.349. The van der Waals surface area contributed by atoms with Crippen molar-refractivity contribution in [1.82, 2.24) is 10.0 Å². The van der Waals surface area contributed by atoms with Crippen LogP contribution >= 0.6 is 0 Å². The molecule has 0 spiro atoms. The number of aliphatic hydroxyl groups is 2. The van der Waals surface area contributed by atoms with Gasteiger partial charge in [-0.05, 0) is 97.7 Å². The first-order valence-corrected chi connectivity index (χ1v) is 14.9. The third kappa shape index (κ3) is 4.44. The van der Waals surface area contributed by atoms with Crippen LogP contribution in [-0.2, 0) is 10.0 Å². The lowest BCUT2D eigenvalue weighted by Gasteiger charge is -2.64. The Labute approximate surface area is 199 Å². The number of rotatable bonds is 5. The van der Waals surface area contributed by atoms with Gasteiger partial charge in [-0.2, -0.15) is 0 Å². The zero-order valence-corrected chi connectivity index (χ0v) is 21.5. The summed E-state index contributed by atoms with van der Waals surface area (Å²) in [4.78, 5) is 11.8. The van der Waals surface area contributed by atoms with Gasteiger partial charge in [0.1, 0.15) is 0 Å². The minimum atomic E-state index is -3.56. The van der Waals surface area contributed by atoms with E-state index in [2.05, 4.69) is 26.1 Å². The molecule has 0 radical (unpaired) electrons. The van der Waals surface area contributed by atoms with Gasteiger partial charge in [0.05, 0.1) is 18.5 Å². The van der Waals surface area contributed by atoms with E-state index in [9.17, 15) is 23.4 Å². The van der Waals surface area contributed by atoms with Crippen molar-refractivity contribution in [2.75, 3.05) is 12.8 Å². The van der Waals surface area contributed by atoms with E-state index >= 15 is 0 Å². The van der Waals surface area contributed by atoms with E-state index in [1.165, 1.54) is 0 Å². The van der Waals surface area contributed by atoms with Gasteiger partial charge in [-0.3, -0.25) is 0 Å². The first-order chi connectivity index (χ1) is 15.4. The van der Waals surface area contributed by atoms with Crippen molar-refractivity contribution in [1.29, 1.82) is 0 Å². The number of hydrogen-bond acceptors (Lipinski definition) is 5. The predicted molar refractivity (Wildman–Crippen MR) is 128 cm³/mol. The van der Waals surface area contributed by atoms with E-state index in [1.54, 1.807) is 0 Å². The van der Waals surface area contributed by atoms with Crippen LogP contribution in [0.3, 0.4) is 0 Å². The highest BCUT2D eigenvalue weighted by Crippen LogP contribution is 2.69. The fourth-order valence-corrected chi connectivity index (χ4v) is 9.51. The summed E-state index contributed by atoms with van der Waals surface area (Å²) in [5, 5.41) is 24.8. The smallest absolute Gasteiger partial charge is 0.328 e. The third-order valence-corrected chi connectivity index (χ3v) is 11.2. The molecule has 0 unspecified atom stereocenters. The molecular formula is C25H44N2O5S. The summed E-state index contributed by atoms with van der Waals surface area (Å²) in [6.45, 7) is 7.51. The first-order valence-electron chi connectivity index (χ1n) is 13.0. The lowest BCUT2D eigenvalue weighted by Crippen LogP contribution is -2.62. The van der Waals surface area contributed by atoms with Gasteiger partial charge in [-0.25, -0.2) is 17.9 Å². The maximum absolute atomic E-state index is 11.8. The molecule has 0 aliphatic heterocycles. The number of aliphatic hydroxyl groups excluding tert-OH is 2. The summed E-state index contributed by atoms with van der Waals surface area (Å²) in [7, 11) is -3.56. The molecule has 0 bridgehead atoms. The SMILES string of the molecule is CC[C@H]1[C@@H](O)[C@@H]2[C@H](CC[C@]3(C)[C@@H](CCNC(=O)NS(C)(=O)=O)CC[C@@H]23)[C@@]2(C)CC[C@@H](O)C[C@@H]12. The fraction of sp³-hybridized carbons (Fsp3) is 0.960. The van der Waals surface area contributed by atoms with Crippen molar-refractivity contribution < 1.29 is 23.4 Å². The van der Waals surface area contributed by atoms with Crippen LogP contribution in [0.2, 0.25) is 0 Å². The Bertz CT molecular complexity index is 850. The molecule has 10 atom stereocenters. The van der Waals surface area contributed by atoms with Crippen LogP contribution in [0.1, 0.15) is 78.6 Å². The minimum Gasteiger partial charge on any atom is -0.393 e. The topological polar surface area (TPSA) is 116 Å². The van der Waals surface area contributed by atoms with Crippen molar-refractivity contribution in [3.05, 3.63) is 0 Å². The third-order valence-electron chi connectivity index (χ3n) is 10.6. The van der Waals surface area contributed by atoms with E-state index in [-0.39, 0.29) is 29.0 Å². The van der Waals surface area contributed by atoms with Crippen LogP contribution in [0.4, 0.5) is 4.79 Å². The van der Waals surface area contributed by atoms with E-state index in [0.29, 0.717) is 36.1 Å². The van der Waals surface area contributed by atoms with Crippen LogP contribution in [0, 0.1) is 46.3 Å². The lowest BCUT2D eigenvalue weighted by molar-refractivity contribution is -0.202. The Morgan fingerprint density at radius 2 is 1.67 bits per heavy atom. The molecule has 0 heterocycles. The molecule has 4 N–H and O–H groups in total. The zero-order chi connectivity index (χ0) is 24.2. The van der Waals surface area contributed by atoms with Crippen LogP contribution in [0.25, 0.3) is 0 Å². The normalized spacial score (nSPS) is 47.2. The summed E-state index contributed by atoms with van der Waals surface area (Å²) < 4.78 is 24.5. The molecule has 0 aromatic rings. The maximum atomic E-state index is 11.8. The van der Waals surface area contributed by atoms with Crippen molar-refractivity contribution >= 4 is 16.1 Å². The second kappa shape index (κ2) is 8.98. The van der Waals surface area contributed by atoms with Crippen molar-refractivity contribution in [3.8, 4) is 0 Å². The molecular weight excluding hydrogens is 440 g/mol. The molecule has 8 heteroatoms. The molecule has 0 aromatic carbocycles. The minimum absolute atomic E-state index is 0.146. The Morgan fingerprint density at radius 1 is 1.00 bits per heavy atom. The van der Waals surface area contributed by atoms with E-state index in [0.717, 1.165) is 64.0 Å². The van der Waals surface area contributed by atoms with E-state index < -0.39 is 16.1 Å². The Hall–Kier alpha value is -0.860. The number of hydrogen-bond donors (Lipinski definition) is 4. The number of sulfonamides is 1. The summed E-state index contributed by atoms with van der Waals surface area (Å²) >= 11 is 0. The molecule has 2 amide bonds. The second-order valence-corrected chi connectivity index (χ2v) is 13.9. The zero-order valence-electron chi connectivity index (χ0n) is 20.7. The fourth-order valence-electron chi connectivity index (χ4n) is 9.10. The number of carbonyl (C=O) groups is 1. The Kier molecular flexibility index (Phi) is 6.86. The average molecular weight is 485 g/mol. The number of fused-ring (bicyclic) bond motifs is 5. The summed E-state index contributed by atoms with van der Waals surface area (Å²) in [5.74, 6) is 2.45. The van der Waals surface area contributed by atoms with Crippen LogP contribution < -0.4 is 10.0 Å². The molecule has 7 nitrogen and oxygen atoms in total. The van der Waals surface area contributed by atoms with E-state index in [1.807, 2.05) is 4.72 Å². The molecule has 4 fully saturated rings. The highest BCUT2D eigenvalue weighted by atomic mass is 32.2. The quantitative estimate of drug-likeness (QED) is 0.478. The number of urea groups is 1. The number of amides is 2. The van der Waals surface area contributed by atoms with Gasteiger partial charge in [0.2, 0.25) is 10.0 Å². The molecule has 0 aromatic heterocycles. The summed E-state index contributed by atoms with van der Waals surface area (Å²) in [6, 6.07) is -0.659. The van der Waals surface area contributed by atoms with Gasteiger partial charge < -0.3 is 15.5 Å². The van der Waals surface area contributed by atoms with Crippen molar-refractivity contribution in [2.45, 2.75) is 90.8 Å². The van der Waals surface area contributed by atoms with Crippen molar-refractivity contribution in [2.24, 2.45) is 46.3 Å². The lowest BCUT2D eigenvalue weighted by atomic mass is 9.41. The average Bonchev–Trinajstić information content (AvgIpc) is 3.05. The second-order valence-electron chi connectivity index (χ2n) is 12.1. The van der Waals surface area contributed by atoms with Crippen molar-refractivity contribution in [3.63, 3.8) is 0 Å². The van der Waals surface area contributed by atoms with Gasteiger partial charge in [-0.1, -0.05) is 27.2 Å². The van der Waals surface area contributed by atoms with Gasteiger partial charge >= 0.3 is 6.03 Å². The molecule has 4 saturated carbocycles. The Balaban J connectivity index is 1.48. The molecule has 33 heavy (non-hydrogen) atoms.